The molecule has 0 aliphatic carbocycles. The number of amides is 6. The Balaban J connectivity index is 0.000000141. The van der Waals surface area contributed by atoms with Gasteiger partial charge in [0.2, 0.25) is 35.5 Å². The Labute approximate surface area is 892 Å². The topological polar surface area (TPSA) is 476 Å². The number of pyridine rings is 4. The Morgan fingerprint density at radius 2 is 0.780 bits per heavy atom. The van der Waals surface area contributed by atoms with E-state index in [9.17, 15) is 47.9 Å². The zero-order chi connectivity index (χ0) is 105. The number of hydrogen-bond acceptors (Lipinski definition) is 30. The molecule has 12 aromatic heterocycles. The van der Waals surface area contributed by atoms with Gasteiger partial charge in [-0.25, -0.2) is 87.5 Å². The number of aryl methyl sites for hydroxylation is 1. The average Bonchev–Trinajstić information content (AvgIpc) is 1.61. The van der Waals surface area contributed by atoms with Gasteiger partial charge in [0.25, 0.3) is 22.2 Å². The first-order chi connectivity index (χ1) is 71.2. The number of nitrogens with two attached hydrogens (primary N) is 1. The monoisotopic (exact) mass is 2180 g/mol. The summed E-state index contributed by atoms with van der Waals surface area (Å²) in [6.07, 6.45) is 17.6. The number of nitrogen functional groups attached to an aromatic ring is 1. The number of rotatable bonds is 17. The molecule has 0 bridgehead atoms. The van der Waals surface area contributed by atoms with Crippen LogP contribution in [0.5, 0.6) is 0 Å². The van der Waals surface area contributed by atoms with Crippen LogP contribution in [-0.2, 0) is 93.7 Å². The normalized spacial score (nSPS) is 14.7. The van der Waals surface area contributed by atoms with Crippen molar-refractivity contribution in [2.75, 3.05) is 94.3 Å². The Morgan fingerprint density at radius 3 is 1.18 bits per heavy atom. The maximum atomic E-state index is 13.3. The summed E-state index contributed by atoms with van der Waals surface area (Å²) in [4.78, 5) is 187. The molecular weight excluding hydrogens is 2060 g/mol. The van der Waals surface area contributed by atoms with Crippen LogP contribution >= 0.6 is 64.3 Å². The molecule has 47 heteroatoms. The number of nitrogens with zero attached hydrogens (tertiary/aromatic N) is 25. The Bertz CT molecular complexity index is 7850. The van der Waals surface area contributed by atoms with Gasteiger partial charge in [-0.3, -0.25) is 67.7 Å². The first kappa shape index (κ1) is 109. The third-order valence-corrected chi connectivity index (χ3v) is 26.9. The van der Waals surface area contributed by atoms with E-state index < -0.39 is 11.2 Å². The van der Waals surface area contributed by atoms with E-state index in [0.717, 1.165) is 103 Å². The highest BCUT2D eigenvalue weighted by Crippen LogP contribution is 2.33. The molecule has 0 radical (unpaired) electrons. The third kappa shape index (κ3) is 24.7. The largest absolute Gasteiger partial charge is 0.444 e. The number of carbonyl (C=O) groups excluding carboxylic acids is 6. The summed E-state index contributed by atoms with van der Waals surface area (Å²) in [5.41, 5.74) is 15.7. The third-order valence-electron chi connectivity index (χ3n) is 25.3. The molecule has 6 N–H and O–H groups in total. The molecule has 3 aromatic carbocycles. The van der Waals surface area contributed by atoms with E-state index in [1.165, 1.54) is 56.7 Å². The Kier molecular flexibility index (Phi) is 34.9. The molecule has 7 aliphatic heterocycles. The molecule has 0 unspecified atom stereocenters. The van der Waals surface area contributed by atoms with Crippen LogP contribution in [0.3, 0.4) is 0 Å². The average molecular weight is 2180 g/mol. The molecule has 4 fully saturated rings. The highest BCUT2D eigenvalue weighted by Gasteiger charge is 2.33. The van der Waals surface area contributed by atoms with Gasteiger partial charge in [-0.05, 0) is 267 Å². The number of nitrogens with one attached hydrogen (secondary N) is 4. The number of aromatic amines is 1. The molecule has 150 heavy (non-hydrogen) atoms. The van der Waals surface area contributed by atoms with Gasteiger partial charge in [-0.1, -0.05) is 66.0 Å². The predicted octanol–water partition coefficient (Wildman–Crippen LogP) is 14.8. The van der Waals surface area contributed by atoms with Crippen LogP contribution in [0.15, 0.2) is 186 Å². The molecule has 22 rings (SSSR count). The summed E-state index contributed by atoms with van der Waals surface area (Å²) in [6.45, 7) is 27.6. The molecule has 786 valence electrons. The van der Waals surface area contributed by atoms with E-state index in [1.54, 1.807) is 88.2 Å². The fourth-order valence-electron chi connectivity index (χ4n) is 18.2. The minimum Gasteiger partial charge on any atom is -0.444 e. The van der Waals surface area contributed by atoms with Crippen molar-refractivity contribution in [2.24, 2.45) is 0 Å². The van der Waals surface area contributed by atoms with Crippen LogP contribution in [0.4, 0.5) is 61.8 Å². The summed E-state index contributed by atoms with van der Waals surface area (Å²) < 4.78 is 23.1. The van der Waals surface area contributed by atoms with E-state index in [2.05, 4.69) is 89.0 Å². The standard InChI is InChI=1S/C30H34N8O4.C25H26N8O2.C17H18N6O2S.C14H20N2O2.C9H9BrN2O.C8H10N4OS.2ClH/c1-5-37-27(40)22-17-31-28(34-26(22)38(37)24-9-6-8-23(33-24)36-14-7-10-25(36)39)32-21-12-11-19-13-15-35(18-20(19)16-21)29(41)42-30(2,3)4;1-2-32-24(35)19-15-27-25(28-18-9-8-16-10-11-26-14-17(16)13-18)30-23(19)33(32)21-6-3-5-20(29-21)31-12-4-7-22(31)34;1-3-22-16(25)11-10-18-17(26-2)20-15(11)23(22)13-7-4-6-12(19-13)21-9-5-8-14(21)24;1-14(2,3)18-13(17)16-7-6-10-4-5-12(15)8-11(10)9-16;10-7-3-1-4-8(11-7)12-6-2-5-9(12)13;1-3-12-7(13)5-4-9-8(14-2)10-6(5)11-12;;/h6,8-9,11-12,16-17H,5,7,10,13-15,18H2,1-4H3,(H,31,32,34);3,5-6,8-9,13,15,26H,2,4,7,10-12,14H2,1H3,(H,27,28,30);4,6-7,10H,3,5,8-9H2,1-2H3;4-5,8H,6-7,9,15H2,1-3H3;1,3-4H,2,5-6H2;4H,3H2,1-2H3,(H,9,10,11);2*1H. The zero-order valence-electron chi connectivity index (χ0n) is 85.3. The number of benzene rings is 3. The van der Waals surface area contributed by atoms with Crippen LogP contribution in [-0.4, -0.2) is 213 Å². The summed E-state index contributed by atoms with van der Waals surface area (Å²) >= 11 is 6.15. The second-order valence-electron chi connectivity index (χ2n) is 37.7. The van der Waals surface area contributed by atoms with Crippen LogP contribution in [0.2, 0.25) is 0 Å². The number of fused-ring (bicyclic) bond motifs is 7. The minimum atomic E-state index is -0.559. The van der Waals surface area contributed by atoms with E-state index in [0.29, 0.717) is 199 Å². The molecule has 7 aliphatic rings. The molecule has 0 spiro atoms. The Hall–Kier alpha value is -14.8. The Morgan fingerprint density at radius 1 is 0.407 bits per heavy atom. The molecule has 42 nitrogen and oxygen atoms in total. The van der Waals surface area contributed by atoms with Gasteiger partial charge in [0.15, 0.2) is 50.4 Å². The summed E-state index contributed by atoms with van der Waals surface area (Å²) in [7, 11) is 0. The van der Waals surface area contributed by atoms with Crippen molar-refractivity contribution in [3.8, 4) is 17.5 Å². The van der Waals surface area contributed by atoms with Crippen molar-refractivity contribution in [3.63, 3.8) is 0 Å². The van der Waals surface area contributed by atoms with E-state index in [4.69, 9.17) is 35.1 Å². The van der Waals surface area contributed by atoms with Gasteiger partial charge in [-0.15, -0.1) is 24.8 Å². The van der Waals surface area contributed by atoms with Gasteiger partial charge in [0.1, 0.15) is 60.6 Å². The van der Waals surface area contributed by atoms with Crippen LogP contribution in [0.25, 0.3) is 61.6 Å². The number of anilines is 9. The lowest BCUT2D eigenvalue weighted by Crippen LogP contribution is -2.39. The second-order valence-corrected chi connectivity index (χ2v) is 40.0. The predicted molar refractivity (Wildman–Crippen MR) is 586 cm³/mol. The minimum absolute atomic E-state index is 0. The number of ether oxygens (including phenoxy) is 2. The summed E-state index contributed by atoms with van der Waals surface area (Å²) in [6, 6.07) is 40.1. The summed E-state index contributed by atoms with van der Waals surface area (Å²) in [5.74, 6) is 5.11. The number of hydrogen-bond donors (Lipinski definition) is 5. The SMILES string of the molecule is CC(C)(C)OC(=O)N1CCc2ccc(N)cc2C1.CCn1[nH]c2nc(SC)ncc2c1=O.CCn1c(=O)c2cnc(Nc3ccc4c(c3)CN(C(=O)OC(C)(C)C)CC4)nc2n1-c1cccc(N2CCCC2=O)n1.CCn1c(=O)c2cnc(Nc3ccc4c(c3)CNCC4)nc2n1-c1cccc(N2CCCC2=O)n1.CCn1c(=O)c2cnc(SC)nc2n1-c1cccc(N2CCCC2=O)n1.Cl.Cl.O=C1CCCN1c1cccc(Br)n1. The van der Waals surface area contributed by atoms with Gasteiger partial charge >= 0.3 is 12.2 Å². The molecule has 0 atom stereocenters. The van der Waals surface area contributed by atoms with Crippen LogP contribution in [0.1, 0.15) is 154 Å². The van der Waals surface area contributed by atoms with Gasteiger partial charge in [0, 0.05) is 153 Å². The van der Waals surface area contributed by atoms with Crippen molar-refractivity contribution in [3.05, 3.63) is 232 Å². The fourth-order valence-corrected chi connectivity index (χ4v) is 19.2. The maximum Gasteiger partial charge on any atom is 0.410 e. The molecule has 15 aromatic rings. The number of H-pyrrole nitrogens is 1. The number of thioether (sulfide) groups is 2. The van der Waals surface area contributed by atoms with E-state index in [-0.39, 0.29) is 82.9 Å². The van der Waals surface area contributed by atoms with Crippen molar-refractivity contribution >= 4 is 196 Å². The summed E-state index contributed by atoms with van der Waals surface area (Å²) in [5, 5.41) is 15.9. The van der Waals surface area contributed by atoms with Crippen molar-refractivity contribution in [2.45, 2.75) is 207 Å². The maximum absolute atomic E-state index is 13.3. The van der Waals surface area contributed by atoms with Crippen molar-refractivity contribution in [1.82, 2.24) is 113 Å². The lowest BCUT2D eigenvalue weighted by Gasteiger charge is -2.31. The van der Waals surface area contributed by atoms with Gasteiger partial charge < -0.3 is 41.0 Å². The molecule has 4 saturated heterocycles. The second kappa shape index (κ2) is 47.8. The lowest BCUT2D eigenvalue weighted by molar-refractivity contribution is -0.117. The number of carbonyl (C=O) groups is 6. The number of aromatic nitrogens is 20. The highest BCUT2D eigenvalue weighted by atomic mass is 79.9. The number of halogens is 3. The smallest absolute Gasteiger partial charge is 0.410 e. The van der Waals surface area contributed by atoms with Crippen LogP contribution < -0.4 is 63.5 Å². The first-order valence-electron chi connectivity index (χ1n) is 49.3. The van der Waals surface area contributed by atoms with Crippen molar-refractivity contribution < 1.29 is 38.2 Å². The molecule has 0 saturated carbocycles. The van der Waals surface area contributed by atoms with E-state index in [1.807, 2.05) is 185 Å². The quantitative estimate of drug-likeness (QED) is 0.0245. The van der Waals surface area contributed by atoms with Gasteiger partial charge in [0.05, 0.1) is 0 Å². The molecular formula is C103H119BrCl2N30O12S2. The first-order valence-corrected chi connectivity index (χ1v) is 52.6. The van der Waals surface area contributed by atoms with Crippen molar-refractivity contribution in [1.29, 1.82) is 0 Å². The van der Waals surface area contributed by atoms with Gasteiger partial charge in [-0.2, -0.15) is 9.97 Å². The van der Waals surface area contributed by atoms with Crippen LogP contribution in [0, 0.1) is 0 Å². The van der Waals surface area contributed by atoms with E-state index >= 15 is 0 Å². The molecule has 19 heterocycles. The molecule has 6 amide bonds. The zero-order valence-corrected chi connectivity index (χ0v) is 90.1. The lowest BCUT2D eigenvalue weighted by atomic mass is 9.99. The highest BCUT2D eigenvalue weighted by molar-refractivity contribution is 9.10. The fraction of sp³-hybridized carbons (Fsp3) is 0.379.